The highest BCUT2D eigenvalue weighted by molar-refractivity contribution is 5.20. The van der Waals surface area contributed by atoms with E-state index in [4.69, 9.17) is 4.74 Å². The molecule has 0 aliphatic heterocycles. The SMILES string of the molecule is CCCC(CCC)NCCCOc1ccccc1. The van der Waals surface area contributed by atoms with Gasteiger partial charge in [-0.05, 0) is 37.9 Å². The van der Waals surface area contributed by atoms with Gasteiger partial charge in [-0.1, -0.05) is 44.9 Å². The van der Waals surface area contributed by atoms with Crippen molar-refractivity contribution in [2.24, 2.45) is 0 Å². The Hall–Kier alpha value is -1.02. The third-order valence-electron chi connectivity index (χ3n) is 3.04. The van der Waals surface area contributed by atoms with Crippen molar-refractivity contribution in [2.45, 2.75) is 52.0 Å². The highest BCUT2D eigenvalue weighted by Crippen LogP contribution is 2.08. The lowest BCUT2D eigenvalue weighted by molar-refractivity contribution is 0.302. The molecule has 18 heavy (non-hydrogen) atoms. The number of ether oxygens (including phenoxy) is 1. The summed E-state index contributed by atoms with van der Waals surface area (Å²) in [6.07, 6.45) is 6.16. The fraction of sp³-hybridized carbons (Fsp3) is 0.625. The molecule has 0 atom stereocenters. The Morgan fingerprint density at radius 2 is 1.72 bits per heavy atom. The Kier molecular flexibility index (Phi) is 8.32. The standard InChI is InChI=1S/C16H27NO/c1-3-9-15(10-4-2)17-13-8-14-18-16-11-6-5-7-12-16/h5-7,11-12,15,17H,3-4,8-10,13-14H2,1-2H3. The van der Waals surface area contributed by atoms with Gasteiger partial charge in [-0.2, -0.15) is 0 Å². The van der Waals surface area contributed by atoms with E-state index in [9.17, 15) is 0 Å². The van der Waals surface area contributed by atoms with Crippen molar-refractivity contribution in [2.75, 3.05) is 13.2 Å². The Morgan fingerprint density at radius 3 is 2.33 bits per heavy atom. The molecule has 1 N–H and O–H groups in total. The first kappa shape index (κ1) is 15.0. The summed E-state index contributed by atoms with van der Waals surface area (Å²) in [6, 6.07) is 10.7. The summed E-state index contributed by atoms with van der Waals surface area (Å²) in [5, 5.41) is 3.63. The third-order valence-corrected chi connectivity index (χ3v) is 3.04. The predicted molar refractivity (Wildman–Crippen MR) is 78.2 cm³/mol. The van der Waals surface area contributed by atoms with Crippen LogP contribution in [0.15, 0.2) is 30.3 Å². The van der Waals surface area contributed by atoms with Crippen LogP contribution in [0, 0.1) is 0 Å². The van der Waals surface area contributed by atoms with Gasteiger partial charge in [0.15, 0.2) is 0 Å². The minimum atomic E-state index is 0.691. The largest absolute Gasteiger partial charge is 0.494 e. The van der Waals surface area contributed by atoms with Crippen molar-refractivity contribution in [1.29, 1.82) is 0 Å². The zero-order valence-electron chi connectivity index (χ0n) is 11.8. The molecule has 0 amide bonds. The molecule has 0 aliphatic rings. The molecule has 102 valence electrons. The van der Waals surface area contributed by atoms with Crippen LogP contribution in [-0.2, 0) is 0 Å². The Morgan fingerprint density at radius 1 is 1.06 bits per heavy atom. The zero-order valence-corrected chi connectivity index (χ0v) is 11.8. The summed E-state index contributed by atoms with van der Waals surface area (Å²) in [7, 11) is 0. The van der Waals surface area contributed by atoms with Gasteiger partial charge < -0.3 is 10.1 Å². The molecule has 0 radical (unpaired) electrons. The van der Waals surface area contributed by atoms with Crippen LogP contribution in [0.3, 0.4) is 0 Å². The molecule has 0 unspecified atom stereocenters. The van der Waals surface area contributed by atoms with Crippen molar-refractivity contribution >= 4 is 0 Å². The van der Waals surface area contributed by atoms with E-state index in [1.165, 1.54) is 25.7 Å². The molecule has 2 nitrogen and oxygen atoms in total. The average Bonchev–Trinajstić information content (AvgIpc) is 2.40. The van der Waals surface area contributed by atoms with E-state index in [0.29, 0.717) is 6.04 Å². The van der Waals surface area contributed by atoms with Crippen LogP contribution in [0.1, 0.15) is 46.0 Å². The lowest BCUT2D eigenvalue weighted by Crippen LogP contribution is -2.30. The van der Waals surface area contributed by atoms with Crippen LogP contribution >= 0.6 is 0 Å². The highest BCUT2D eigenvalue weighted by atomic mass is 16.5. The van der Waals surface area contributed by atoms with Crippen LogP contribution in [0.4, 0.5) is 0 Å². The topological polar surface area (TPSA) is 21.3 Å². The van der Waals surface area contributed by atoms with Gasteiger partial charge in [0.05, 0.1) is 6.61 Å². The fourth-order valence-electron chi connectivity index (χ4n) is 2.13. The smallest absolute Gasteiger partial charge is 0.119 e. The Bertz CT molecular complexity index is 280. The maximum Gasteiger partial charge on any atom is 0.119 e. The van der Waals surface area contributed by atoms with E-state index in [1.807, 2.05) is 30.3 Å². The minimum absolute atomic E-state index is 0.691. The average molecular weight is 249 g/mol. The van der Waals surface area contributed by atoms with Gasteiger partial charge in [0.1, 0.15) is 5.75 Å². The molecule has 1 aromatic rings. The van der Waals surface area contributed by atoms with Gasteiger partial charge in [0.2, 0.25) is 0 Å². The van der Waals surface area contributed by atoms with Gasteiger partial charge in [-0.25, -0.2) is 0 Å². The molecule has 2 heteroatoms. The molecule has 0 aliphatic carbocycles. The second kappa shape index (κ2) is 9.95. The summed E-state index contributed by atoms with van der Waals surface area (Å²) in [5.41, 5.74) is 0. The van der Waals surface area contributed by atoms with Crippen LogP contribution in [-0.4, -0.2) is 19.2 Å². The molecule has 0 fully saturated rings. The van der Waals surface area contributed by atoms with E-state index in [2.05, 4.69) is 19.2 Å². The first-order valence-corrected chi connectivity index (χ1v) is 7.28. The van der Waals surface area contributed by atoms with Crippen LogP contribution < -0.4 is 10.1 Å². The lowest BCUT2D eigenvalue weighted by Gasteiger charge is -2.17. The summed E-state index contributed by atoms with van der Waals surface area (Å²) < 4.78 is 5.67. The zero-order chi connectivity index (χ0) is 13.1. The van der Waals surface area contributed by atoms with E-state index in [0.717, 1.165) is 25.3 Å². The van der Waals surface area contributed by atoms with Crippen LogP contribution in [0.25, 0.3) is 0 Å². The summed E-state index contributed by atoms with van der Waals surface area (Å²) in [4.78, 5) is 0. The summed E-state index contributed by atoms with van der Waals surface area (Å²) >= 11 is 0. The minimum Gasteiger partial charge on any atom is -0.494 e. The van der Waals surface area contributed by atoms with Crippen molar-refractivity contribution in [3.8, 4) is 5.75 Å². The second-order valence-corrected chi connectivity index (χ2v) is 4.74. The van der Waals surface area contributed by atoms with Crippen molar-refractivity contribution < 1.29 is 4.74 Å². The number of nitrogens with one attached hydrogen (secondary N) is 1. The second-order valence-electron chi connectivity index (χ2n) is 4.74. The first-order chi connectivity index (χ1) is 8.86. The van der Waals surface area contributed by atoms with Crippen molar-refractivity contribution in [3.63, 3.8) is 0 Å². The van der Waals surface area contributed by atoms with Crippen LogP contribution in [0.2, 0.25) is 0 Å². The van der Waals surface area contributed by atoms with Crippen molar-refractivity contribution in [1.82, 2.24) is 5.32 Å². The predicted octanol–water partition coefficient (Wildman–Crippen LogP) is 4.01. The molecule has 0 saturated carbocycles. The number of para-hydroxylation sites is 1. The lowest BCUT2D eigenvalue weighted by atomic mass is 10.1. The molecule has 0 bridgehead atoms. The molecule has 0 aromatic heterocycles. The molecular formula is C16H27NO. The molecule has 0 spiro atoms. The fourth-order valence-corrected chi connectivity index (χ4v) is 2.13. The third kappa shape index (κ3) is 6.65. The maximum absolute atomic E-state index is 5.67. The number of hydrogen-bond donors (Lipinski definition) is 1. The monoisotopic (exact) mass is 249 g/mol. The molecular weight excluding hydrogens is 222 g/mol. The van der Waals surface area contributed by atoms with Crippen molar-refractivity contribution in [3.05, 3.63) is 30.3 Å². The number of rotatable bonds is 10. The highest BCUT2D eigenvalue weighted by Gasteiger charge is 2.04. The molecule has 1 rings (SSSR count). The molecule has 1 aromatic carbocycles. The van der Waals surface area contributed by atoms with Gasteiger partial charge in [0, 0.05) is 6.04 Å². The van der Waals surface area contributed by atoms with E-state index in [-0.39, 0.29) is 0 Å². The van der Waals surface area contributed by atoms with Gasteiger partial charge in [-0.15, -0.1) is 0 Å². The molecule has 0 heterocycles. The van der Waals surface area contributed by atoms with Gasteiger partial charge in [0.25, 0.3) is 0 Å². The normalized spacial score (nSPS) is 10.8. The van der Waals surface area contributed by atoms with E-state index < -0.39 is 0 Å². The summed E-state index contributed by atoms with van der Waals surface area (Å²) in [6.45, 7) is 6.35. The first-order valence-electron chi connectivity index (χ1n) is 7.28. The van der Waals surface area contributed by atoms with Gasteiger partial charge in [-0.3, -0.25) is 0 Å². The Labute approximate surface area is 112 Å². The van der Waals surface area contributed by atoms with Crippen LogP contribution in [0.5, 0.6) is 5.75 Å². The van der Waals surface area contributed by atoms with E-state index in [1.54, 1.807) is 0 Å². The summed E-state index contributed by atoms with van der Waals surface area (Å²) in [5.74, 6) is 0.969. The van der Waals surface area contributed by atoms with Gasteiger partial charge >= 0.3 is 0 Å². The van der Waals surface area contributed by atoms with E-state index >= 15 is 0 Å². The Balaban J connectivity index is 2.06. The molecule has 0 saturated heterocycles. The maximum atomic E-state index is 5.67. The number of hydrogen-bond acceptors (Lipinski definition) is 2. The number of benzene rings is 1. The quantitative estimate of drug-likeness (QED) is 0.632.